The number of benzene rings is 1. The predicted molar refractivity (Wildman–Crippen MR) is 81.1 cm³/mol. The van der Waals surface area contributed by atoms with Crippen LogP contribution in [0.5, 0.6) is 0 Å². The fourth-order valence-electron chi connectivity index (χ4n) is 2.47. The Labute approximate surface area is 136 Å². The molecule has 3 amide bonds. The second-order valence-corrected chi connectivity index (χ2v) is 5.42. The number of carbonyl (C=O) groups excluding carboxylic acids is 2. The van der Waals surface area contributed by atoms with Crippen LogP contribution in [0.4, 0.5) is 4.79 Å². The van der Waals surface area contributed by atoms with Crippen molar-refractivity contribution in [2.75, 3.05) is 0 Å². The number of urea groups is 1. The van der Waals surface area contributed by atoms with Gasteiger partial charge in [0.15, 0.2) is 0 Å². The van der Waals surface area contributed by atoms with Gasteiger partial charge in [-0.1, -0.05) is 23.4 Å². The number of para-hydroxylation sites is 1. The molecular weight excluding hydrogens is 314 g/mol. The first-order valence-corrected chi connectivity index (χ1v) is 7.32. The summed E-state index contributed by atoms with van der Waals surface area (Å²) in [5, 5.41) is 19.2. The van der Waals surface area contributed by atoms with Crippen molar-refractivity contribution >= 4 is 17.9 Å². The van der Waals surface area contributed by atoms with Gasteiger partial charge in [0.1, 0.15) is 5.69 Å². The summed E-state index contributed by atoms with van der Waals surface area (Å²) >= 11 is 0. The second-order valence-electron chi connectivity index (χ2n) is 5.42. The first kappa shape index (κ1) is 15.7. The van der Waals surface area contributed by atoms with Crippen molar-refractivity contribution in [2.45, 2.75) is 25.4 Å². The fraction of sp³-hybridized carbons (Fsp3) is 0.267. The van der Waals surface area contributed by atoms with E-state index < -0.39 is 23.9 Å². The van der Waals surface area contributed by atoms with Crippen LogP contribution >= 0.6 is 0 Å². The van der Waals surface area contributed by atoms with E-state index in [1.54, 1.807) is 10.9 Å². The quantitative estimate of drug-likeness (QED) is 0.827. The van der Waals surface area contributed by atoms with Gasteiger partial charge >= 0.3 is 12.0 Å². The van der Waals surface area contributed by atoms with Crippen molar-refractivity contribution in [3.8, 4) is 5.69 Å². The van der Waals surface area contributed by atoms with Gasteiger partial charge in [0.2, 0.25) is 5.91 Å². The third-order valence-electron chi connectivity index (χ3n) is 3.60. The molecule has 1 aliphatic rings. The zero-order valence-corrected chi connectivity index (χ0v) is 12.6. The Balaban J connectivity index is 1.68. The Morgan fingerprint density at radius 2 is 2.04 bits per heavy atom. The zero-order valence-electron chi connectivity index (χ0n) is 12.6. The number of hydrogen-bond donors (Lipinski definition) is 2. The van der Waals surface area contributed by atoms with Gasteiger partial charge in [0.05, 0.1) is 24.8 Å². The lowest BCUT2D eigenvalue weighted by Gasteiger charge is -2.30. The van der Waals surface area contributed by atoms with Gasteiger partial charge in [-0.2, -0.15) is 0 Å². The van der Waals surface area contributed by atoms with E-state index >= 15 is 0 Å². The van der Waals surface area contributed by atoms with E-state index in [1.165, 1.54) is 0 Å². The molecular formula is C15H15N5O4. The summed E-state index contributed by atoms with van der Waals surface area (Å²) in [5.74, 6) is -1.49. The van der Waals surface area contributed by atoms with Crippen LogP contribution in [-0.2, 0) is 16.1 Å². The lowest BCUT2D eigenvalue weighted by molar-refractivity contribution is -0.138. The standard InChI is InChI=1S/C15H15N5O4/c21-13-6-10(7-14(22)23)16-15(24)19(13)8-11-9-20(18-17-11)12-4-2-1-3-5-12/h1-5,9-10H,6-8H2,(H,16,24)(H,22,23)/t10-/m1/s1. The molecule has 1 aromatic heterocycles. The molecule has 1 aromatic carbocycles. The number of imide groups is 1. The summed E-state index contributed by atoms with van der Waals surface area (Å²) in [6.07, 6.45) is 1.31. The lowest BCUT2D eigenvalue weighted by atomic mass is 10.1. The highest BCUT2D eigenvalue weighted by Crippen LogP contribution is 2.14. The topological polar surface area (TPSA) is 117 Å². The van der Waals surface area contributed by atoms with Gasteiger partial charge in [-0.3, -0.25) is 14.5 Å². The maximum Gasteiger partial charge on any atom is 0.324 e. The van der Waals surface area contributed by atoms with Crippen LogP contribution in [0.2, 0.25) is 0 Å². The largest absolute Gasteiger partial charge is 0.481 e. The normalized spacial score (nSPS) is 17.7. The number of aromatic nitrogens is 3. The van der Waals surface area contributed by atoms with Crippen LogP contribution in [0.15, 0.2) is 36.5 Å². The Hall–Kier alpha value is -3.23. The number of rotatable bonds is 5. The van der Waals surface area contributed by atoms with Crippen molar-refractivity contribution in [1.29, 1.82) is 0 Å². The van der Waals surface area contributed by atoms with E-state index in [0.29, 0.717) is 5.69 Å². The maximum atomic E-state index is 12.1. The van der Waals surface area contributed by atoms with Gasteiger partial charge in [0, 0.05) is 12.5 Å². The third-order valence-corrected chi connectivity index (χ3v) is 3.60. The molecule has 0 saturated carbocycles. The van der Waals surface area contributed by atoms with Crippen molar-refractivity contribution in [2.24, 2.45) is 0 Å². The molecule has 24 heavy (non-hydrogen) atoms. The van der Waals surface area contributed by atoms with Crippen molar-refractivity contribution in [3.05, 3.63) is 42.2 Å². The number of aliphatic carboxylic acids is 1. The maximum absolute atomic E-state index is 12.1. The molecule has 1 saturated heterocycles. The number of nitrogens with one attached hydrogen (secondary N) is 1. The minimum absolute atomic E-state index is 0.0166. The van der Waals surface area contributed by atoms with Crippen LogP contribution in [0.25, 0.3) is 5.69 Å². The van der Waals surface area contributed by atoms with E-state index in [1.807, 2.05) is 30.3 Å². The second kappa shape index (κ2) is 6.49. The Morgan fingerprint density at radius 3 is 2.71 bits per heavy atom. The smallest absolute Gasteiger partial charge is 0.324 e. The molecule has 2 aromatic rings. The average Bonchev–Trinajstić information content (AvgIpc) is 3.00. The van der Waals surface area contributed by atoms with E-state index in [9.17, 15) is 14.4 Å². The molecule has 1 atom stereocenters. The number of carboxylic acids is 1. The third kappa shape index (κ3) is 3.40. The van der Waals surface area contributed by atoms with E-state index in [2.05, 4.69) is 15.6 Å². The zero-order chi connectivity index (χ0) is 17.1. The molecule has 3 rings (SSSR count). The molecule has 9 heteroatoms. The molecule has 9 nitrogen and oxygen atoms in total. The molecule has 1 fully saturated rings. The number of hydrogen-bond acceptors (Lipinski definition) is 5. The average molecular weight is 329 g/mol. The summed E-state index contributed by atoms with van der Waals surface area (Å²) in [6, 6.07) is 8.01. The van der Waals surface area contributed by atoms with Gasteiger partial charge < -0.3 is 10.4 Å². The summed E-state index contributed by atoms with van der Waals surface area (Å²) in [7, 11) is 0. The summed E-state index contributed by atoms with van der Waals surface area (Å²) in [4.78, 5) is 35.8. The predicted octanol–water partition coefficient (Wildman–Crippen LogP) is 0.552. The fourth-order valence-corrected chi connectivity index (χ4v) is 2.47. The number of nitrogens with zero attached hydrogens (tertiary/aromatic N) is 4. The number of carbonyl (C=O) groups is 3. The van der Waals surface area contributed by atoms with Gasteiger partial charge in [-0.25, -0.2) is 9.48 Å². The van der Waals surface area contributed by atoms with Crippen LogP contribution in [0.3, 0.4) is 0 Å². The molecule has 0 bridgehead atoms. The Morgan fingerprint density at radius 1 is 1.29 bits per heavy atom. The molecule has 124 valence electrons. The van der Waals surface area contributed by atoms with Crippen molar-refractivity contribution in [1.82, 2.24) is 25.2 Å². The number of carboxylic acid groups (broad SMARTS) is 1. The van der Waals surface area contributed by atoms with Gasteiger partial charge in [-0.15, -0.1) is 5.10 Å². The summed E-state index contributed by atoms with van der Waals surface area (Å²) in [5.41, 5.74) is 1.27. The molecule has 0 spiro atoms. The highest BCUT2D eigenvalue weighted by molar-refractivity contribution is 5.97. The van der Waals surface area contributed by atoms with Crippen LogP contribution < -0.4 is 5.32 Å². The molecule has 0 aliphatic carbocycles. The van der Waals surface area contributed by atoms with Crippen LogP contribution in [0.1, 0.15) is 18.5 Å². The van der Waals surface area contributed by atoms with Crippen LogP contribution in [0, 0.1) is 0 Å². The first-order valence-electron chi connectivity index (χ1n) is 7.32. The SMILES string of the molecule is O=C(O)C[C@H]1CC(=O)N(Cc2cn(-c3ccccc3)nn2)C(=O)N1. The molecule has 0 radical (unpaired) electrons. The first-order chi connectivity index (χ1) is 11.5. The monoisotopic (exact) mass is 329 g/mol. The van der Waals surface area contributed by atoms with E-state index in [0.717, 1.165) is 10.6 Å². The molecule has 0 unspecified atom stereocenters. The van der Waals surface area contributed by atoms with Gasteiger partial charge in [0.25, 0.3) is 0 Å². The molecule has 2 N–H and O–H groups in total. The minimum Gasteiger partial charge on any atom is -0.481 e. The Kier molecular flexibility index (Phi) is 4.23. The van der Waals surface area contributed by atoms with Crippen LogP contribution in [-0.4, -0.2) is 48.9 Å². The van der Waals surface area contributed by atoms with E-state index in [-0.39, 0.29) is 19.4 Å². The minimum atomic E-state index is -1.06. The Bertz CT molecular complexity index is 755. The van der Waals surface area contributed by atoms with Gasteiger partial charge in [-0.05, 0) is 12.1 Å². The number of amides is 3. The molecule has 1 aliphatic heterocycles. The van der Waals surface area contributed by atoms with Crippen molar-refractivity contribution < 1.29 is 19.5 Å². The summed E-state index contributed by atoms with van der Waals surface area (Å²) in [6.45, 7) is -0.0166. The lowest BCUT2D eigenvalue weighted by Crippen LogP contribution is -2.54. The summed E-state index contributed by atoms with van der Waals surface area (Å²) < 4.78 is 1.55. The molecule has 2 heterocycles. The highest BCUT2D eigenvalue weighted by Gasteiger charge is 2.33. The van der Waals surface area contributed by atoms with E-state index in [4.69, 9.17) is 5.11 Å². The van der Waals surface area contributed by atoms with Crippen molar-refractivity contribution in [3.63, 3.8) is 0 Å². The highest BCUT2D eigenvalue weighted by atomic mass is 16.4.